The summed E-state index contributed by atoms with van der Waals surface area (Å²) in [6, 6.07) is 11.9. The van der Waals surface area contributed by atoms with Crippen LogP contribution in [0.3, 0.4) is 0 Å². The van der Waals surface area contributed by atoms with Crippen LogP contribution in [0.15, 0.2) is 58.7 Å². The van der Waals surface area contributed by atoms with Crippen molar-refractivity contribution < 1.29 is 0 Å². The highest BCUT2D eigenvalue weighted by Crippen LogP contribution is 2.19. The van der Waals surface area contributed by atoms with E-state index in [1.54, 1.807) is 0 Å². The number of thioether (sulfide) groups is 1. The molecular weight excluding hydrogens is 312 g/mol. The average Bonchev–Trinajstić information content (AvgIpc) is 3.23. The highest BCUT2D eigenvalue weighted by Gasteiger charge is 2.07. The number of hydrogen-bond donors (Lipinski definition) is 2. The zero-order valence-corrected chi connectivity index (χ0v) is 12.7. The summed E-state index contributed by atoms with van der Waals surface area (Å²) in [5, 5.41) is 12.1. The summed E-state index contributed by atoms with van der Waals surface area (Å²) in [5.41, 5.74) is 2.22. The number of para-hydroxylation sites is 1. The molecule has 3 aromatic heterocycles. The van der Waals surface area contributed by atoms with Gasteiger partial charge in [0.05, 0.1) is 17.6 Å². The molecule has 7 nitrogen and oxygen atoms in total. The molecule has 0 bridgehead atoms. The van der Waals surface area contributed by atoms with E-state index in [2.05, 4.69) is 25.3 Å². The van der Waals surface area contributed by atoms with Crippen LogP contribution in [0.25, 0.3) is 16.7 Å². The standard InChI is InChI=1S/C15H12N6OS/c22-14-12-8-16-19-13(12)17-15(18-14)23-9-10-6-7-21(20-10)11-4-2-1-3-5-11/h1-8H,9H2,(H2,16,17,18,19,22). The van der Waals surface area contributed by atoms with Crippen molar-refractivity contribution in [1.29, 1.82) is 0 Å². The van der Waals surface area contributed by atoms with Gasteiger partial charge in [-0.3, -0.25) is 9.89 Å². The molecule has 0 fully saturated rings. The maximum absolute atomic E-state index is 11.9. The van der Waals surface area contributed by atoms with Crippen LogP contribution in [0.4, 0.5) is 0 Å². The topological polar surface area (TPSA) is 92.2 Å². The van der Waals surface area contributed by atoms with Gasteiger partial charge in [-0.05, 0) is 18.2 Å². The molecular formula is C15H12N6OS. The second-order valence-electron chi connectivity index (χ2n) is 4.88. The van der Waals surface area contributed by atoms with Crippen molar-refractivity contribution >= 4 is 22.8 Å². The Kier molecular flexibility index (Phi) is 3.43. The predicted molar refractivity (Wildman–Crippen MR) is 87.6 cm³/mol. The van der Waals surface area contributed by atoms with E-state index in [1.807, 2.05) is 47.3 Å². The molecule has 3 heterocycles. The van der Waals surface area contributed by atoms with Crippen LogP contribution >= 0.6 is 11.8 Å². The fourth-order valence-electron chi connectivity index (χ4n) is 2.20. The number of fused-ring (bicyclic) bond motifs is 1. The van der Waals surface area contributed by atoms with Gasteiger partial charge in [0.15, 0.2) is 10.8 Å². The van der Waals surface area contributed by atoms with Gasteiger partial charge in [0, 0.05) is 11.9 Å². The highest BCUT2D eigenvalue weighted by molar-refractivity contribution is 7.98. The quantitative estimate of drug-likeness (QED) is 0.443. The summed E-state index contributed by atoms with van der Waals surface area (Å²) in [5.74, 6) is 0.614. The zero-order chi connectivity index (χ0) is 15.6. The van der Waals surface area contributed by atoms with Crippen molar-refractivity contribution in [2.75, 3.05) is 0 Å². The second-order valence-corrected chi connectivity index (χ2v) is 5.84. The zero-order valence-electron chi connectivity index (χ0n) is 11.9. The van der Waals surface area contributed by atoms with Crippen LogP contribution in [0.2, 0.25) is 0 Å². The summed E-state index contributed by atoms with van der Waals surface area (Å²) < 4.78 is 1.82. The van der Waals surface area contributed by atoms with Crippen LogP contribution in [0.5, 0.6) is 0 Å². The van der Waals surface area contributed by atoms with E-state index in [9.17, 15) is 4.79 Å². The van der Waals surface area contributed by atoms with Crippen molar-refractivity contribution in [2.45, 2.75) is 10.9 Å². The fraction of sp³-hybridized carbons (Fsp3) is 0.0667. The Morgan fingerprint density at radius 2 is 2.04 bits per heavy atom. The molecule has 1 aromatic carbocycles. The van der Waals surface area contributed by atoms with E-state index in [0.29, 0.717) is 21.9 Å². The molecule has 0 radical (unpaired) electrons. The van der Waals surface area contributed by atoms with Gasteiger partial charge in [0.25, 0.3) is 5.56 Å². The van der Waals surface area contributed by atoms with Gasteiger partial charge in [-0.2, -0.15) is 10.2 Å². The molecule has 0 saturated heterocycles. The van der Waals surface area contributed by atoms with E-state index < -0.39 is 0 Å². The Morgan fingerprint density at radius 3 is 2.91 bits per heavy atom. The van der Waals surface area contributed by atoms with Crippen LogP contribution in [-0.4, -0.2) is 29.9 Å². The predicted octanol–water partition coefficient (Wildman–Crippen LogP) is 2.12. The molecule has 0 aliphatic heterocycles. The van der Waals surface area contributed by atoms with Gasteiger partial charge in [-0.15, -0.1) is 0 Å². The number of benzene rings is 1. The van der Waals surface area contributed by atoms with Crippen LogP contribution in [0, 0.1) is 0 Å². The third-order valence-electron chi connectivity index (χ3n) is 3.32. The van der Waals surface area contributed by atoms with Crippen molar-refractivity contribution in [1.82, 2.24) is 29.9 Å². The number of rotatable bonds is 4. The van der Waals surface area contributed by atoms with Crippen molar-refractivity contribution in [3.63, 3.8) is 0 Å². The number of nitrogens with one attached hydrogen (secondary N) is 2. The SMILES string of the molecule is O=c1[nH]c(SCc2ccn(-c3ccccc3)n2)nc2[nH]ncc12. The smallest absolute Gasteiger partial charge is 0.262 e. The minimum Gasteiger partial charge on any atom is -0.301 e. The molecule has 23 heavy (non-hydrogen) atoms. The Morgan fingerprint density at radius 1 is 1.17 bits per heavy atom. The van der Waals surface area contributed by atoms with Gasteiger partial charge < -0.3 is 4.98 Å². The molecule has 0 spiro atoms. The van der Waals surface area contributed by atoms with E-state index in [-0.39, 0.29) is 5.56 Å². The summed E-state index contributed by atoms with van der Waals surface area (Å²) in [7, 11) is 0. The summed E-state index contributed by atoms with van der Waals surface area (Å²) in [4.78, 5) is 19.0. The Labute approximate surface area is 134 Å². The maximum Gasteiger partial charge on any atom is 0.262 e. The minimum atomic E-state index is -0.193. The molecule has 4 aromatic rings. The van der Waals surface area contributed by atoms with Gasteiger partial charge in [0.2, 0.25) is 0 Å². The van der Waals surface area contributed by atoms with Gasteiger partial charge >= 0.3 is 0 Å². The first-order chi connectivity index (χ1) is 11.3. The monoisotopic (exact) mass is 324 g/mol. The molecule has 0 atom stereocenters. The first kappa shape index (κ1) is 13.8. The molecule has 114 valence electrons. The summed E-state index contributed by atoms with van der Waals surface area (Å²) in [6.07, 6.45) is 3.39. The molecule has 8 heteroatoms. The van der Waals surface area contributed by atoms with Crippen LogP contribution < -0.4 is 5.56 Å². The third-order valence-corrected chi connectivity index (χ3v) is 4.23. The first-order valence-corrected chi connectivity index (χ1v) is 7.94. The molecule has 0 aliphatic rings. The third kappa shape index (κ3) is 2.76. The summed E-state index contributed by atoms with van der Waals surface area (Å²) >= 11 is 1.42. The van der Waals surface area contributed by atoms with Gasteiger partial charge in [0.1, 0.15) is 5.39 Å². The lowest BCUT2D eigenvalue weighted by Crippen LogP contribution is -2.08. The molecule has 0 aliphatic carbocycles. The number of aromatic nitrogens is 6. The van der Waals surface area contributed by atoms with Gasteiger partial charge in [-0.25, -0.2) is 9.67 Å². The van der Waals surface area contributed by atoms with Crippen molar-refractivity contribution in [2.24, 2.45) is 0 Å². The molecule has 0 saturated carbocycles. The van der Waals surface area contributed by atoms with Crippen LogP contribution in [-0.2, 0) is 5.75 Å². The number of nitrogens with zero attached hydrogens (tertiary/aromatic N) is 4. The maximum atomic E-state index is 11.9. The number of hydrogen-bond acceptors (Lipinski definition) is 5. The van der Waals surface area contributed by atoms with E-state index >= 15 is 0 Å². The minimum absolute atomic E-state index is 0.193. The molecule has 0 unspecified atom stereocenters. The normalized spacial score (nSPS) is 11.1. The Bertz CT molecular complexity index is 1000. The number of aromatic amines is 2. The highest BCUT2D eigenvalue weighted by atomic mass is 32.2. The van der Waals surface area contributed by atoms with E-state index in [4.69, 9.17) is 0 Å². The van der Waals surface area contributed by atoms with Gasteiger partial charge in [-0.1, -0.05) is 30.0 Å². The lowest BCUT2D eigenvalue weighted by molar-refractivity contribution is 0.858. The van der Waals surface area contributed by atoms with Crippen molar-refractivity contribution in [3.05, 3.63) is 64.8 Å². The Balaban J connectivity index is 1.52. The van der Waals surface area contributed by atoms with E-state index in [0.717, 1.165) is 11.4 Å². The average molecular weight is 324 g/mol. The van der Waals surface area contributed by atoms with Crippen LogP contribution in [0.1, 0.15) is 5.69 Å². The lowest BCUT2D eigenvalue weighted by Gasteiger charge is -2.00. The number of H-pyrrole nitrogens is 2. The van der Waals surface area contributed by atoms with Crippen molar-refractivity contribution in [3.8, 4) is 5.69 Å². The molecule has 0 amide bonds. The molecule has 2 N–H and O–H groups in total. The molecule has 4 rings (SSSR count). The lowest BCUT2D eigenvalue weighted by atomic mass is 10.3. The Hall–Kier alpha value is -2.87. The first-order valence-electron chi connectivity index (χ1n) is 6.96. The second kappa shape index (κ2) is 5.73. The largest absolute Gasteiger partial charge is 0.301 e. The van der Waals surface area contributed by atoms with E-state index in [1.165, 1.54) is 18.0 Å². The fourth-order valence-corrected chi connectivity index (χ4v) is 2.96. The summed E-state index contributed by atoms with van der Waals surface area (Å²) in [6.45, 7) is 0.